The summed E-state index contributed by atoms with van der Waals surface area (Å²) in [5, 5.41) is 6.17. The quantitative estimate of drug-likeness (QED) is 0.550. The van der Waals surface area contributed by atoms with Crippen LogP contribution in [0.4, 0.5) is 17.3 Å². The van der Waals surface area contributed by atoms with Crippen molar-refractivity contribution >= 4 is 23.2 Å². The second-order valence-corrected chi connectivity index (χ2v) is 10.4. The van der Waals surface area contributed by atoms with Crippen molar-refractivity contribution in [3.8, 4) is 22.9 Å². The molecule has 10 heteroatoms. The summed E-state index contributed by atoms with van der Waals surface area (Å²) in [6.45, 7) is 8.40. The fourth-order valence-corrected chi connectivity index (χ4v) is 4.92. The second kappa shape index (κ2) is 8.12. The Hall–Kier alpha value is -3.79. The largest absolute Gasteiger partial charge is 0.479 e. The van der Waals surface area contributed by atoms with E-state index in [-0.39, 0.29) is 11.3 Å². The molecule has 0 atom stereocenters. The van der Waals surface area contributed by atoms with E-state index in [1.54, 1.807) is 12.3 Å². The van der Waals surface area contributed by atoms with Crippen LogP contribution in [0.5, 0.6) is 11.6 Å². The van der Waals surface area contributed by atoms with Crippen LogP contribution in [0.25, 0.3) is 11.3 Å². The van der Waals surface area contributed by atoms with Crippen LogP contribution in [-0.4, -0.2) is 50.8 Å². The van der Waals surface area contributed by atoms with E-state index in [4.69, 9.17) is 29.2 Å². The molecular weight excluding hydrogens is 460 g/mol. The van der Waals surface area contributed by atoms with E-state index in [1.165, 1.54) is 6.92 Å². The van der Waals surface area contributed by atoms with E-state index in [2.05, 4.69) is 15.6 Å². The Morgan fingerprint density at radius 3 is 2.67 bits per heavy atom. The lowest BCUT2D eigenvalue weighted by molar-refractivity contribution is -0.114. The van der Waals surface area contributed by atoms with E-state index in [1.807, 2.05) is 39.0 Å². The number of amides is 1. The third-order valence-electron chi connectivity index (χ3n) is 6.68. The van der Waals surface area contributed by atoms with Gasteiger partial charge in [-0.3, -0.25) is 4.79 Å². The number of aryl methyl sites for hydroxylation is 1. The Bertz CT molecular complexity index is 1360. The summed E-state index contributed by atoms with van der Waals surface area (Å²) in [5.74, 6) is 2.70. The molecule has 7 rings (SSSR count). The van der Waals surface area contributed by atoms with Crippen LogP contribution >= 0.6 is 0 Å². The molecule has 36 heavy (non-hydrogen) atoms. The topological polar surface area (TPSA) is 120 Å². The van der Waals surface area contributed by atoms with Crippen molar-refractivity contribution in [3.05, 3.63) is 42.0 Å². The van der Waals surface area contributed by atoms with Crippen LogP contribution in [0.15, 0.2) is 30.5 Å². The van der Waals surface area contributed by atoms with E-state index >= 15 is 0 Å². The van der Waals surface area contributed by atoms with Crippen LogP contribution in [-0.2, 0) is 14.9 Å². The molecule has 3 aliphatic heterocycles. The van der Waals surface area contributed by atoms with Gasteiger partial charge in [0.05, 0.1) is 29.5 Å². The van der Waals surface area contributed by atoms with Crippen LogP contribution in [0.1, 0.15) is 45.1 Å². The number of fused-ring (bicyclic) bond motifs is 2. The molecule has 4 aliphatic rings. The predicted octanol–water partition coefficient (Wildman–Crippen LogP) is 3.92. The number of aromatic nitrogens is 4. The highest BCUT2D eigenvalue weighted by atomic mass is 16.6. The maximum Gasteiger partial charge on any atom is 0.257 e. The highest BCUT2D eigenvalue weighted by Gasteiger charge is 2.55. The van der Waals surface area contributed by atoms with Gasteiger partial charge >= 0.3 is 0 Å². The summed E-state index contributed by atoms with van der Waals surface area (Å²) in [4.78, 5) is 30.4. The number of ether oxygens (including phenoxy) is 3. The summed E-state index contributed by atoms with van der Waals surface area (Å²) in [7, 11) is 0. The van der Waals surface area contributed by atoms with Crippen LogP contribution in [0.2, 0.25) is 0 Å². The van der Waals surface area contributed by atoms with Crippen molar-refractivity contribution in [2.24, 2.45) is 0 Å². The second-order valence-electron chi connectivity index (χ2n) is 10.4. The zero-order valence-corrected chi connectivity index (χ0v) is 20.7. The summed E-state index contributed by atoms with van der Waals surface area (Å²) in [5.41, 5.74) is 2.41. The van der Waals surface area contributed by atoms with Gasteiger partial charge in [0, 0.05) is 36.5 Å². The first kappa shape index (κ1) is 22.7. The molecule has 1 saturated carbocycles. The van der Waals surface area contributed by atoms with Crippen molar-refractivity contribution < 1.29 is 19.0 Å². The highest BCUT2D eigenvalue weighted by molar-refractivity contribution is 5.89. The van der Waals surface area contributed by atoms with Gasteiger partial charge in [0.2, 0.25) is 5.91 Å². The van der Waals surface area contributed by atoms with Gasteiger partial charge in [0.1, 0.15) is 29.7 Å². The third-order valence-corrected chi connectivity index (χ3v) is 6.68. The average molecular weight is 489 g/mol. The maximum atomic E-state index is 11.7. The molecule has 3 aromatic rings. The highest BCUT2D eigenvalue weighted by Crippen LogP contribution is 2.50. The number of nitrogens with zero attached hydrogens (tertiary/aromatic N) is 4. The minimum Gasteiger partial charge on any atom is -0.479 e. The average Bonchev–Trinajstić information content (AvgIpc) is 3.40. The lowest BCUT2D eigenvalue weighted by Crippen LogP contribution is -2.39. The predicted molar refractivity (Wildman–Crippen MR) is 133 cm³/mol. The molecule has 186 valence electrons. The molecule has 0 spiro atoms. The molecule has 6 heterocycles. The fraction of sp³-hybridized carbons (Fsp3) is 0.423. The zero-order valence-electron chi connectivity index (χ0n) is 20.7. The van der Waals surface area contributed by atoms with Crippen LogP contribution in [0.3, 0.4) is 0 Å². The van der Waals surface area contributed by atoms with E-state index in [0.29, 0.717) is 54.0 Å². The van der Waals surface area contributed by atoms with Gasteiger partial charge in [-0.15, -0.1) is 0 Å². The molecule has 2 saturated heterocycles. The lowest BCUT2D eigenvalue weighted by atomic mass is 9.69. The maximum absolute atomic E-state index is 11.7. The number of nitrogens with one attached hydrogen (secondary N) is 2. The Kier molecular flexibility index (Phi) is 5.11. The molecule has 0 unspecified atom stereocenters. The van der Waals surface area contributed by atoms with Gasteiger partial charge in [0.15, 0.2) is 5.75 Å². The molecule has 3 fully saturated rings. The van der Waals surface area contributed by atoms with Gasteiger partial charge in [-0.05, 0) is 45.7 Å². The van der Waals surface area contributed by atoms with E-state index in [9.17, 15) is 4.79 Å². The molecule has 1 amide bonds. The van der Waals surface area contributed by atoms with Crippen LogP contribution in [0, 0.1) is 6.92 Å². The van der Waals surface area contributed by atoms with Gasteiger partial charge in [-0.2, -0.15) is 0 Å². The Balaban J connectivity index is 1.38. The first-order chi connectivity index (χ1) is 17.2. The number of rotatable bonds is 5. The molecule has 3 aromatic heterocycles. The number of hydrogen-bond donors (Lipinski definition) is 2. The minimum absolute atomic E-state index is 0.0965. The number of carbonyl (C=O) groups is 1. The smallest absolute Gasteiger partial charge is 0.257 e. The van der Waals surface area contributed by atoms with E-state index in [0.717, 1.165) is 29.9 Å². The molecule has 0 radical (unpaired) electrons. The first-order valence-corrected chi connectivity index (χ1v) is 12.0. The summed E-state index contributed by atoms with van der Waals surface area (Å²) < 4.78 is 17.7. The van der Waals surface area contributed by atoms with Gasteiger partial charge in [-0.25, -0.2) is 19.9 Å². The van der Waals surface area contributed by atoms with Crippen molar-refractivity contribution in [2.45, 2.75) is 57.7 Å². The standard InChI is InChI=1S/C26H28N6O4/c1-14-7-22(32-24(28-14)26-9-16(10-26)34-13-26)30-19-8-21(29-15(2)33)27-11-17(19)18-5-6-20-23(31-18)35-12-25(3,4)36-20/h5-8,11,16H,9-10,12-13H2,1-4H3,(H2,27,28,29,30,32,33). The zero-order chi connectivity index (χ0) is 25.1. The van der Waals surface area contributed by atoms with Crippen molar-refractivity contribution in [2.75, 3.05) is 23.8 Å². The fourth-order valence-electron chi connectivity index (χ4n) is 4.92. The SMILES string of the molecule is CC(=O)Nc1cc(Nc2cc(C)nc(C34COC(C3)C4)n2)c(-c2ccc3c(n2)OCC(C)(C)O3)cn1. The molecular formula is C26H28N6O4. The number of anilines is 3. The summed E-state index contributed by atoms with van der Waals surface area (Å²) in [6, 6.07) is 7.38. The van der Waals surface area contributed by atoms with Gasteiger partial charge in [-0.1, -0.05) is 0 Å². The number of carbonyl (C=O) groups excluding carboxylic acids is 1. The number of pyridine rings is 2. The lowest BCUT2D eigenvalue weighted by Gasteiger charge is -2.34. The van der Waals surface area contributed by atoms with Crippen LogP contribution < -0.4 is 20.1 Å². The van der Waals surface area contributed by atoms with Crippen molar-refractivity contribution in [1.82, 2.24) is 19.9 Å². The third kappa shape index (κ3) is 4.11. The minimum atomic E-state index is -0.419. The summed E-state index contributed by atoms with van der Waals surface area (Å²) in [6.07, 6.45) is 3.91. The van der Waals surface area contributed by atoms with Crippen molar-refractivity contribution in [3.63, 3.8) is 0 Å². The molecule has 1 aliphatic carbocycles. The molecule has 2 N–H and O–H groups in total. The molecule has 10 nitrogen and oxygen atoms in total. The van der Waals surface area contributed by atoms with E-state index < -0.39 is 5.60 Å². The number of hydrogen-bond acceptors (Lipinski definition) is 9. The van der Waals surface area contributed by atoms with Crippen molar-refractivity contribution in [1.29, 1.82) is 0 Å². The Labute approximate surface area is 208 Å². The normalized spacial score (nSPS) is 23.1. The Morgan fingerprint density at radius 2 is 1.92 bits per heavy atom. The molecule has 2 bridgehead atoms. The Morgan fingerprint density at radius 1 is 1.08 bits per heavy atom. The van der Waals surface area contributed by atoms with Gasteiger partial charge in [0.25, 0.3) is 5.88 Å². The van der Waals surface area contributed by atoms with Gasteiger partial charge < -0.3 is 24.8 Å². The summed E-state index contributed by atoms with van der Waals surface area (Å²) >= 11 is 0. The molecule has 0 aromatic carbocycles. The monoisotopic (exact) mass is 488 g/mol. The first-order valence-electron chi connectivity index (χ1n) is 12.0.